The Morgan fingerprint density at radius 1 is 0.372 bits per heavy atom. The Morgan fingerprint density at radius 3 is 0.905 bits per heavy atom. The Kier molecular flexibility index (Phi) is 29.0. The van der Waals surface area contributed by atoms with Crippen molar-refractivity contribution < 1.29 is 51.2 Å². The lowest BCUT2D eigenvalue weighted by Gasteiger charge is -2.32. The summed E-state index contributed by atoms with van der Waals surface area (Å²) in [6, 6.07) is 30.2. The zero-order chi connectivity index (χ0) is 103. The molecule has 0 amide bonds. The number of benzene rings is 5. The summed E-state index contributed by atoms with van der Waals surface area (Å²) in [7, 11) is -6.61. The lowest BCUT2D eigenvalue weighted by Crippen LogP contribution is -2.45. The maximum atomic E-state index is 14.0. The standard InChI is InChI=1S/C27H24ClFN6O2S2.C25H26ClFN6O2S2.2C24H24ClFN6O2S2/c1-34-11-9-22(32-34)24-23-14-19(33-39(36,37)16-17-5-3-2-4-6-17)15-35(23)26(27-30-10-12-38-27)31-25(24)20-8-7-18(29)13-21(20)28;1-32-10-8-20(30-32)22-21-13-16(31-37(34,35)17-4-2-3-5-17)14-33(21)24(25-28-9-11-36-25)29-23(22)18-7-6-15(27)12-19(18)26;1-24(6-7-24)36(33,34)30-15-12-19-20(18-5-9-31(2)29-18)21(16-4-3-14(26)11-17(16)25)28-22(32(19)13-15)23-27-8-10-35-23;1-31-9-7-19(29-31)21-20-12-15(30-36(33,34)16-3-2-4-16)13-32(20)23(24-27-8-10-35-24)28-22(21)17-6-5-14(26)11-18(17)25/h2-13,19,25,33H,14-16H2,1H3;6-12,16-17,23,31H,2-5,13-14H2,1H3;3-5,8-11,15,21,30H,6-7,12-13H2,1-2H3;5-11,15-16,22,30H,2-4,12-13H2,1H3/t19-,25-;16-,23-;15-,21-;15-,22-/m0000/s1. The minimum Gasteiger partial charge on any atom is -0.326 e. The molecule has 0 unspecified atom stereocenters. The predicted octanol–water partition coefficient (Wildman–Crippen LogP) is 17.6. The van der Waals surface area contributed by atoms with Crippen LogP contribution in [0.3, 0.4) is 0 Å². The van der Waals surface area contributed by atoms with E-state index in [4.69, 9.17) is 66.4 Å². The Bertz CT molecular complexity index is 8030. The number of nitrogens with one attached hydrogen (secondary N) is 4. The highest BCUT2D eigenvalue weighted by Gasteiger charge is 2.54. The average Bonchev–Trinajstić information content (AvgIpc) is 1.56. The maximum absolute atomic E-state index is 14.0. The summed E-state index contributed by atoms with van der Waals surface area (Å²) in [5.74, 6) is 0.727. The fraction of sp³-hybridized carbons (Fsp3) is 0.340. The van der Waals surface area contributed by atoms with Crippen LogP contribution in [0.15, 0.2) is 241 Å². The van der Waals surface area contributed by atoms with E-state index in [0.717, 1.165) is 74.4 Å². The van der Waals surface area contributed by atoms with Crippen LogP contribution in [-0.2, 0) is 74.0 Å². The number of aromatic nitrogens is 12. The van der Waals surface area contributed by atoms with E-state index < -0.39 is 98.3 Å². The van der Waals surface area contributed by atoms with Gasteiger partial charge in [-0.25, -0.2) is 90.1 Å². The normalized spacial score (nSPS) is 21.8. The molecule has 0 radical (unpaired) electrons. The lowest BCUT2D eigenvalue weighted by molar-refractivity contribution is 0.458. The third kappa shape index (κ3) is 21.3. The number of aryl methyl sites for hydroxylation is 4. The first-order chi connectivity index (χ1) is 71.0. The fourth-order valence-corrected chi connectivity index (χ4v) is 30.5. The molecule has 3 saturated carbocycles. The van der Waals surface area contributed by atoms with E-state index in [2.05, 4.69) is 64.1 Å². The number of fused-ring (bicyclic) bond motifs is 4. The van der Waals surface area contributed by atoms with Gasteiger partial charge in [-0.15, -0.1) is 45.3 Å². The van der Waals surface area contributed by atoms with E-state index >= 15 is 0 Å². The summed E-state index contributed by atoms with van der Waals surface area (Å²) in [6.07, 6.45) is 23.0. The second kappa shape index (κ2) is 41.9. The summed E-state index contributed by atoms with van der Waals surface area (Å²) in [4.78, 5) is 46.5. The number of aliphatic imine (C=N–C) groups is 4. The van der Waals surface area contributed by atoms with Gasteiger partial charge in [0.1, 0.15) is 47.4 Å². The third-order valence-electron chi connectivity index (χ3n) is 27.9. The number of thiazole rings is 4. The first-order valence-corrected chi connectivity index (χ1v) is 59.1. The molecule has 8 aromatic heterocycles. The van der Waals surface area contributed by atoms with Crippen LogP contribution in [0, 0.1) is 23.3 Å². The molecule has 7 fully saturated rings. The van der Waals surface area contributed by atoms with Crippen LogP contribution in [0.4, 0.5) is 17.6 Å². The summed E-state index contributed by atoms with van der Waals surface area (Å²) in [5, 5.41) is 29.4. The van der Waals surface area contributed by atoms with Crippen LogP contribution in [0.1, 0.15) is 185 Å². The van der Waals surface area contributed by atoms with Gasteiger partial charge < -0.3 is 19.6 Å². The molecule has 148 heavy (non-hydrogen) atoms. The molecule has 8 atom stereocenters. The van der Waals surface area contributed by atoms with E-state index in [-0.39, 0.29) is 54.5 Å². The minimum absolute atomic E-state index is 0.113. The van der Waals surface area contributed by atoms with Gasteiger partial charge in [-0.3, -0.25) is 38.7 Å². The van der Waals surface area contributed by atoms with Crippen LogP contribution in [0.2, 0.25) is 20.1 Å². The molecule has 0 spiro atoms. The smallest absolute Gasteiger partial charge is 0.217 e. The highest BCUT2D eigenvalue weighted by atomic mass is 35.5. The van der Waals surface area contributed by atoms with E-state index in [9.17, 15) is 51.2 Å². The first-order valence-electron chi connectivity index (χ1n) is 47.8. The van der Waals surface area contributed by atoms with Crippen molar-refractivity contribution >= 4 is 177 Å². The molecule has 16 heterocycles. The number of nitrogens with zero attached hydrogens (tertiary/aromatic N) is 20. The number of amidine groups is 4. The van der Waals surface area contributed by atoms with Crippen molar-refractivity contribution in [1.82, 2.24) is 97.5 Å². The first kappa shape index (κ1) is 103. The molecule has 5 aromatic carbocycles. The Labute approximate surface area is 888 Å². The molecule has 11 aliphatic rings. The van der Waals surface area contributed by atoms with Crippen LogP contribution >= 0.6 is 91.8 Å². The van der Waals surface area contributed by atoms with Crippen molar-refractivity contribution in [2.24, 2.45) is 48.2 Å². The monoisotopic (exact) mass is 2230 g/mol. The molecule has 13 aromatic rings. The highest BCUT2D eigenvalue weighted by Crippen LogP contribution is 2.53. The van der Waals surface area contributed by atoms with E-state index in [1.165, 1.54) is 93.9 Å². The molecule has 8 aliphatic heterocycles. The number of sulfonamides is 4. The van der Waals surface area contributed by atoms with Crippen molar-refractivity contribution in [1.29, 1.82) is 0 Å². The summed E-state index contributed by atoms with van der Waals surface area (Å²) in [6.45, 7) is 3.44. The molecule has 48 heteroatoms. The van der Waals surface area contributed by atoms with Gasteiger partial charge in [-0.05, 0) is 124 Å². The minimum atomic E-state index is -3.62. The number of rotatable bonds is 25. The molecule has 32 nitrogen and oxygen atoms in total. The van der Waals surface area contributed by atoms with Crippen molar-refractivity contribution in [3.63, 3.8) is 0 Å². The average molecular weight is 2240 g/mol. The zero-order valence-electron chi connectivity index (χ0n) is 80.1. The second-order valence-electron chi connectivity index (χ2n) is 38.1. The van der Waals surface area contributed by atoms with Gasteiger partial charge in [0.15, 0.2) is 43.4 Å². The van der Waals surface area contributed by atoms with E-state index in [0.29, 0.717) is 174 Å². The Balaban J connectivity index is 0.000000116. The number of hydrogen-bond acceptors (Lipinski definition) is 28. The van der Waals surface area contributed by atoms with E-state index in [1.54, 1.807) is 86.8 Å². The molecular formula is C100H98Cl4F4N24O8S8. The number of hydrogen-bond donors (Lipinski definition) is 4. The fourth-order valence-electron chi connectivity index (χ4n) is 20.4. The highest BCUT2D eigenvalue weighted by molar-refractivity contribution is 7.91. The zero-order valence-corrected chi connectivity index (χ0v) is 89.6. The van der Waals surface area contributed by atoms with Crippen LogP contribution in [-0.4, -0.2) is 201 Å². The topological polar surface area (TPSA) is 370 Å². The molecular weight excluding hydrogens is 2140 g/mol. The molecule has 4 saturated heterocycles. The third-order valence-corrected chi connectivity index (χ3v) is 40.0. The van der Waals surface area contributed by atoms with Gasteiger partial charge in [0.2, 0.25) is 40.1 Å². The molecule has 0 bridgehead atoms. The Hall–Kier alpha value is -11.2. The molecule has 770 valence electrons. The number of halogens is 8. The van der Waals surface area contributed by atoms with Crippen LogP contribution in [0.5, 0.6) is 0 Å². The molecule has 24 rings (SSSR count). The largest absolute Gasteiger partial charge is 0.326 e. The van der Waals surface area contributed by atoms with Gasteiger partial charge >= 0.3 is 0 Å². The van der Waals surface area contributed by atoms with Crippen LogP contribution < -0.4 is 18.9 Å². The van der Waals surface area contributed by atoms with Crippen molar-refractivity contribution in [2.75, 3.05) is 26.2 Å². The SMILES string of the molecule is Cn1ccc(C2=C3C[C@H](NS(=O)(=O)C4(C)CC4)CN3C(c3nccs3)=N[C@H]2c2ccc(F)cc2Cl)n1.Cn1ccc(C2=C3C[C@H](NS(=O)(=O)C4CCC4)CN3C(c3nccs3)=N[C@H]2c2ccc(F)cc2Cl)n1.Cn1ccc(C2=C3C[C@H](NS(=O)(=O)C4CCCC4)CN3C(c3nccs3)=N[C@H]2c2ccc(F)cc2Cl)n1.Cn1ccc(C2=C3C[C@H](NS(=O)(=O)Cc4ccccc4)CN3C(c3nccs3)=N[C@H]2c2ccc(F)cc2Cl)n1. The van der Waals surface area contributed by atoms with E-state index in [1.807, 2.05) is 132 Å². The van der Waals surface area contributed by atoms with Crippen molar-refractivity contribution in [3.05, 3.63) is 335 Å². The second-order valence-corrected chi connectivity index (χ2v) is 51.3. The summed E-state index contributed by atoms with van der Waals surface area (Å²) in [5.41, 5.74) is 13.0. The Morgan fingerprint density at radius 2 is 0.655 bits per heavy atom. The lowest BCUT2D eigenvalue weighted by atomic mass is 9.92. The van der Waals surface area contributed by atoms with Gasteiger partial charge in [0, 0.05) is 263 Å². The van der Waals surface area contributed by atoms with Crippen LogP contribution in [0.25, 0.3) is 22.3 Å². The van der Waals surface area contributed by atoms with Crippen molar-refractivity contribution in [2.45, 2.75) is 160 Å². The summed E-state index contributed by atoms with van der Waals surface area (Å²) >= 11 is 32.0. The summed E-state index contributed by atoms with van der Waals surface area (Å²) < 4.78 is 178. The quantitative estimate of drug-likeness (QED) is 0.0386. The maximum Gasteiger partial charge on any atom is 0.217 e. The molecule has 3 aliphatic carbocycles. The van der Waals surface area contributed by atoms with Crippen molar-refractivity contribution in [3.8, 4) is 0 Å². The predicted molar refractivity (Wildman–Crippen MR) is 568 cm³/mol. The van der Waals surface area contributed by atoms with Gasteiger partial charge in [0.05, 0.1) is 43.8 Å². The molecule has 4 N–H and O–H groups in total. The van der Waals surface area contributed by atoms with Gasteiger partial charge in [0.25, 0.3) is 0 Å². The van der Waals surface area contributed by atoms with Gasteiger partial charge in [-0.1, -0.05) is 120 Å². The van der Waals surface area contributed by atoms with Gasteiger partial charge in [-0.2, -0.15) is 20.4 Å².